The van der Waals surface area contributed by atoms with E-state index in [2.05, 4.69) is 5.32 Å². The molecule has 8 heteroatoms. The minimum Gasteiger partial charge on any atom is -0.497 e. The summed E-state index contributed by atoms with van der Waals surface area (Å²) in [7, 11) is 4.65. The quantitative estimate of drug-likeness (QED) is 0.447. The van der Waals surface area contributed by atoms with Crippen LogP contribution in [-0.2, 0) is 11.3 Å². The molecule has 1 aromatic heterocycles. The van der Waals surface area contributed by atoms with Gasteiger partial charge in [0.2, 0.25) is 5.91 Å². The van der Waals surface area contributed by atoms with Crippen LogP contribution in [0.5, 0.6) is 17.2 Å². The third-order valence-corrected chi connectivity index (χ3v) is 6.15. The van der Waals surface area contributed by atoms with E-state index in [0.29, 0.717) is 28.4 Å². The fourth-order valence-electron chi connectivity index (χ4n) is 3.68. The highest BCUT2D eigenvalue weighted by Gasteiger charge is 2.34. The van der Waals surface area contributed by atoms with Gasteiger partial charge in [-0.3, -0.25) is 9.59 Å². The van der Waals surface area contributed by atoms with Crippen LogP contribution < -0.4 is 19.5 Å². The molecule has 0 unspecified atom stereocenters. The van der Waals surface area contributed by atoms with E-state index in [1.807, 2.05) is 50.4 Å². The highest BCUT2D eigenvalue weighted by molar-refractivity contribution is 7.09. The van der Waals surface area contributed by atoms with Gasteiger partial charge < -0.3 is 24.4 Å². The monoisotopic (exact) mass is 496 g/mol. The summed E-state index contributed by atoms with van der Waals surface area (Å²) in [6.45, 7) is 6.00. The third kappa shape index (κ3) is 6.54. The van der Waals surface area contributed by atoms with Crippen LogP contribution in [0.1, 0.15) is 47.6 Å². The zero-order valence-electron chi connectivity index (χ0n) is 21.0. The van der Waals surface area contributed by atoms with E-state index in [4.69, 9.17) is 14.2 Å². The Hall–Kier alpha value is -3.52. The van der Waals surface area contributed by atoms with Crippen molar-refractivity contribution in [2.45, 2.75) is 38.9 Å². The van der Waals surface area contributed by atoms with E-state index in [1.54, 1.807) is 49.5 Å². The molecule has 2 amide bonds. The number of nitrogens with zero attached hydrogens (tertiary/aromatic N) is 1. The normalized spacial score (nSPS) is 11.9. The summed E-state index contributed by atoms with van der Waals surface area (Å²) in [4.78, 5) is 30.2. The largest absolute Gasteiger partial charge is 0.497 e. The predicted octanol–water partition coefficient (Wildman–Crippen LogP) is 5.07. The number of methoxy groups -OCH3 is 3. The molecule has 3 aromatic rings. The Morgan fingerprint density at radius 1 is 0.943 bits per heavy atom. The van der Waals surface area contributed by atoms with Gasteiger partial charge in [0.05, 0.1) is 27.9 Å². The topological polar surface area (TPSA) is 77.1 Å². The van der Waals surface area contributed by atoms with Crippen molar-refractivity contribution in [3.8, 4) is 17.2 Å². The Morgan fingerprint density at radius 3 is 2.17 bits per heavy atom. The highest BCUT2D eigenvalue weighted by atomic mass is 32.1. The smallest absolute Gasteiger partial charge is 0.255 e. The molecule has 0 saturated heterocycles. The fourth-order valence-corrected chi connectivity index (χ4v) is 4.39. The fraction of sp³-hybridized carbons (Fsp3) is 0.333. The lowest BCUT2D eigenvalue weighted by Gasteiger charge is -2.33. The Bertz CT molecular complexity index is 1140. The summed E-state index contributed by atoms with van der Waals surface area (Å²) in [6, 6.07) is 15.2. The molecule has 0 saturated carbocycles. The molecule has 3 rings (SSSR count). The van der Waals surface area contributed by atoms with Gasteiger partial charge in [0, 0.05) is 16.0 Å². The summed E-state index contributed by atoms with van der Waals surface area (Å²) in [5.41, 5.74) is 0.585. The van der Waals surface area contributed by atoms with Gasteiger partial charge in [-0.1, -0.05) is 18.2 Å². The number of thiophene rings is 1. The van der Waals surface area contributed by atoms with Gasteiger partial charge in [0.1, 0.15) is 11.8 Å². The van der Waals surface area contributed by atoms with E-state index in [1.165, 1.54) is 18.4 Å². The number of nitrogens with one attached hydrogen (secondary N) is 1. The molecule has 0 spiro atoms. The minimum atomic E-state index is -0.872. The van der Waals surface area contributed by atoms with E-state index >= 15 is 0 Å². The van der Waals surface area contributed by atoms with Crippen LogP contribution in [0, 0.1) is 0 Å². The van der Waals surface area contributed by atoms with Crippen LogP contribution in [-0.4, -0.2) is 43.6 Å². The molecule has 0 bridgehead atoms. The maximum atomic E-state index is 14.0. The van der Waals surface area contributed by atoms with Crippen molar-refractivity contribution in [2.75, 3.05) is 21.3 Å². The Morgan fingerprint density at radius 2 is 1.63 bits per heavy atom. The summed E-state index contributed by atoms with van der Waals surface area (Å²) in [6.07, 6.45) is 0. The standard InChI is InChI=1S/C27H32N2O5S/c1-27(2,3)28-25(30)24(18-9-12-20(32-4)13-10-18)29(17-21-8-7-15-35-21)26(31)19-11-14-22(33-5)23(16-19)34-6/h7-16,24H,17H2,1-6H3,(H,28,30)/t24-/m1/s1. The first-order valence-electron chi connectivity index (χ1n) is 11.2. The molecule has 0 aliphatic heterocycles. The maximum Gasteiger partial charge on any atom is 0.255 e. The molecule has 0 radical (unpaired) electrons. The number of benzene rings is 2. The lowest BCUT2D eigenvalue weighted by Crippen LogP contribution is -2.49. The van der Waals surface area contributed by atoms with E-state index in [9.17, 15) is 9.59 Å². The average Bonchev–Trinajstić information content (AvgIpc) is 3.35. The second-order valence-electron chi connectivity index (χ2n) is 9.00. The molecule has 1 heterocycles. The molecule has 0 aliphatic carbocycles. The van der Waals surface area contributed by atoms with Crippen molar-refractivity contribution in [2.24, 2.45) is 0 Å². The van der Waals surface area contributed by atoms with Crippen LogP contribution in [0.25, 0.3) is 0 Å². The van der Waals surface area contributed by atoms with Gasteiger partial charge in [-0.25, -0.2) is 0 Å². The second-order valence-corrected chi connectivity index (χ2v) is 10.0. The van der Waals surface area contributed by atoms with Crippen LogP contribution in [0.15, 0.2) is 60.0 Å². The maximum absolute atomic E-state index is 14.0. The number of rotatable bonds is 9. The SMILES string of the molecule is COc1ccc([C@H](C(=O)NC(C)(C)C)N(Cc2cccs2)C(=O)c2ccc(OC)c(OC)c2)cc1. The van der Waals surface area contributed by atoms with Gasteiger partial charge in [0.15, 0.2) is 11.5 Å². The molecule has 0 fully saturated rings. The van der Waals surface area contributed by atoms with Crippen LogP contribution in [0.3, 0.4) is 0 Å². The lowest BCUT2D eigenvalue weighted by atomic mass is 10.00. The number of hydrogen-bond acceptors (Lipinski definition) is 6. The third-order valence-electron chi connectivity index (χ3n) is 5.29. The first kappa shape index (κ1) is 26.1. The van der Waals surface area contributed by atoms with Crippen molar-refractivity contribution in [3.05, 3.63) is 76.0 Å². The Labute approximate surface area is 210 Å². The van der Waals surface area contributed by atoms with Crippen molar-refractivity contribution in [1.29, 1.82) is 0 Å². The molecular formula is C27H32N2O5S. The van der Waals surface area contributed by atoms with Gasteiger partial charge in [-0.15, -0.1) is 11.3 Å². The predicted molar refractivity (Wildman–Crippen MR) is 137 cm³/mol. The molecule has 35 heavy (non-hydrogen) atoms. The summed E-state index contributed by atoms with van der Waals surface area (Å²) < 4.78 is 16.0. The van der Waals surface area contributed by atoms with E-state index in [-0.39, 0.29) is 18.4 Å². The Kier molecular flexibility index (Phi) is 8.40. The molecular weight excluding hydrogens is 464 g/mol. The van der Waals surface area contributed by atoms with Crippen LogP contribution >= 0.6 is 11.3 Å². The van der Waals surface area contributed by atoms with E-state index in [0.717, 1.165) is 4.88 Å². The highest BCUT2D eigenvalue weighted by Crippen LogP contribution is 2.32. The summed E-state index contributed by atoms with van der Waals surface area (Å²) in [5.74, 6) is 1.05. The van der Waals surface area contributed by atoms with Crippen LogP contribution in [0.2, 0.25) is 0 Å². The average molecular weight is 497 g/mol. The number of hydrogen-bond donors (Lipinski definition) is 1. The van der Waals surface area contributed by atoms with Crippen LogP contribution in [0.4, 0.5) is 0 Å². The lowest BCUT2D eigenvalue weighted by molar-refractivity contribution is -0.127. The molecule has 7 nitrogen and oxygen atoms in total. The van der Waals surface area contributed by atoms with Gasteiger partial charge >= 0.3 is 0 Å². The minimum absolute atomic E-state index is 0.263. The molecule has 1 atom stereocenters. The van der Waals surface area contributed by atoms with Crippen molar-refractivity contribution >= 4 is 23.2 Å². The molecule has 1 N–H and O–H groups in total. The first-order valence-corrected chi connectivity index (χ1v) is 12.1. The van der Waals surface area contributed by atoms with E-state index < -0.39 is 11.6 Å². The molecule has 186 valence electrons. The molecule has 2 aromatic carbocycles. The van der Waals surface area contributed by atoms with Gasteiger partial charge in [0.25, 0.3) is 5.91 Å². The number of carbonyl (C=O) groups excluding carboxylic acids is 2. The zero-order chi connectivity index (χ0) is 25.6. The van der Waals surface area contributed by atoms with Gasteiger partial charge in [-0.2, -0.15) is 0 Å². The first-order chi connectivity index (χ1) is 16.7. The number of carbonyl (C=O) groups is 2. The number of ether oxygens (including phenoxy) is 3. The Balaban J connectivity index is 2.12. The second kappa shape index (κ2) is 11.3. The summed E-state index contributed by atoms with van der Waals surface area (Å²) in [5, 5.41) is 5.00. The van der Waals surface area contributed by atoms with Crippen molar-refractivity contribution in [1.82, 2.24) is 10.2 Å². The zero-order valence-corrected chi connectivity index (χ0v) is 21.8. The van der Waals surface area contributed by atoms with Gasteiger partial charge in [-0.05, 0) is 68.1 Å². The molecule has 0 aliphatic rings. The van der Waals surface area contributed by atoms with Crippen molar-refractivity contribution in [3.63, 3.8) is 0 Å². The van der Waals surface area contributed by atoms with Crippen molar-refractivity contribution < 1.29 is 23.8 Å². The number of amides is 2. The summed E-state index contributed by atoms with van der Waals surface area (Å²) >= 11 is 1.53.